The lowest BCUT2D eigenvalue weighted by atomic mass is 10.2. The molecule has 8 heteroatoms. The highest BCUT2D eigenvalue weighted by Crippen LogP contribution is 2.23. The SMILES string of the molecule is CC(C#N)OC(=O)c1cc(S(=O)(=O)N(C)C)ccc1Cl. The number of carbonyl (C=O) groups excluding carboxylic acids is 1. The number of hydrogen-bond acceptors (Lipinski definition) is 5. The highest BCUT2D eigenvalue weighted by atomic mass is 35.5. The summed E-state index contributed by atoms with van der Waals surface area (Å²) >= 11 is 5.86. The van der Waals surface area contributed by atoms with E-state index in [4.69, 9.17) is 21.6 Å². The molecule has 0 aliphatic heterocycles. The standard InChI is InChI=1S/C12H13ClN2O4S/c1-8(7-14)19-12(16)10-6-9(4-5-11(10)13)20(17,18)15(2)3/h4-6,8H,1-3H3. The van der Waals surface area contributed by atoms with Gasteiger partial charge >= 0.3 is 5.97 Å². The maximum absolute atomic E-state index is 12.0. The number of nitriles is 1. The Hall–Kier alpha value is -1.62. The zero-order valence-corrected chi connectivity index (χ0v) is 12.7. The lowest BCUT2D eigenvalue weighted by Crippen LogP contribution is -2.22. The fraction of sp³-hybridized carbons (Fsp3) is 0.333. The van der Waals surface area contributed by atoms with Crippen LogP contribution in [-0.4, -0.2) is 38.9 Å². The Morgan fingerprint density at radius 3 is 2.55 bits per heavy atom. The molecule has 1 aromatic carbocycles. The molecule has 1 atom stereocenters. The van der Waals surface area contributed by atoms with E-state index in [9.17, 15) is 13.2 Å². The molecule has 0 saturated carbocycles. The topological polar surface area (TPSA) is 87.5 Å². The van der Waals surface area contributed by atoms with Gasteiger partial charge in [0.25, 0.3) is 0 Å². The van der Waals surface area contributed by atoms with Crippen LogP contribution in [0.5, 0.6) is 0 Å². The van der Waals surface area contributed by atoms with Crippen LogP contribution in [0.2, 0.25) is 5.02 Å². The summed E-state index contributed by atoms with van der Waals surface area (Å²) in [6, 6.07) is 5.46. The molecule has 0 aliphatic rings. The maximum Gasteiger partial charge on any atom is 0.340 e. The van der Waals surface area contributed by atoms with Crippen molar-refractivity contribution in [2.24, 2.45) is 0 Å². The minimum Gasteiger partial charge on any atom is -0.444 e. The van der Waals surface area contributed by atoms with Gasteiger partial charge in [-0.05, 0) is 25.1 Å². The largest absolute Gasteiger partial charge is 0.444 e. The maximum atomic E-state index is 12.0. The molecule has 0 aromatic heterocycles. The van der Waals surface area contributed by atoms with Gasteiger partial charge in [-0.15, -0.1) is 0 Å². The Labute approximate surface area is 122 Å². The molecule has 0 heterocycles. The van der Waals surface area contributed by atoms with E-state index < -0.39 is 22.1 Å². The molecule has 0 spiro atoms. The number of hydrogen-bond donors (Lipinski definition) is 0. The van der Waals surface area contributed by atoms with Crippen molar-refractivity contribution in [3.63, 3.8) is 0 Å². The summed E-state index contributed by atoms with van der Waals surface area (Å²) in [5.74, 6) is -0.847. The first-order valence-electron chi connectivity index (χ1n) is 5.53. The van der Waals surface area contributed by atoms with E-state index in [-0.39, 0.29) is 15.5 Å². The van der Waals surface area contributed by atoms with Gasteiger partial charge in [-0.1, -0.05) is 11.6 Å². The van der Waals surface area contributed by atoms with Crippen molar-refractivity contribution in [1.29, 1.82) is 5.26 Å². The third-order valence-corrected chi connectivity index (χ3v) is 4.54. The van der Waals surface area contributed by atoms with E-state index in [1.165, 1.54) is 33.2 Å². The lowest BCUT2D eigenvalue weighted by Gasteiger charge is -2.13. The van der Waals surface area contributed by atoms with Crippen molar-refractivity contribution in [2.45, 2.75) is 17.9 Å². The summed E-state index contributed by atoms with van der Waals surface area (Å²) in [7, 11) is -0.932. The summed E-state index contributed by atoms with van der Waals surface area (Å²) in [4.78, 5) is 11.7. The van der Waals surface area contributed by atoms with Gasteiger partial charge in [0.05, 0.1) is 15.5 Å². The second-order valence-corrected chi connectivity index (χ2v) is 6.66. The number of benzene rings is 1. The van der Waals surface area contributed by atoms with Gasteiger partial charge in [-0.25, -0.2) is 17.5 Å². The number of halogens is 1. The van der Waals surface area contributed by atoms with Gasteiger partial charge in [-0.3, -0.25) is 0 Å². The number of esters is 1. The van der Waals surface area contributed by atoms with Gasteiger partial charge in [-0.2, -0.15) is 5.26 Å². The Morgan fingerprint density at radius 2 is 2.05 bits per heavy atom. The predicted octanol–water partition coefficient (Wildman–Crippen LogP) is 1.66. The molecular weight excluding hydrogens is 304 g/mol. The number of carbonyl (C=O) groups is 1. The van der Waals surface area contributed by atoms with E-state index in [2.05, 4.69) is 0 Å². The molecule has 1 aromatic rings. The first-order chi connectivity index (χ1) is 9.20. The quantitative estimate of drug-likeness (QED) is 0.788. The van der Waals surface area contributed by atoms with Crippen LogP contribution in [-0.2, 0) is 14.8 Å². The van der Waals surface area contributed by atoms with Crippen LogP contribution in [0.1, 0.15) is 17.3 Å². The van der Waals surface area contributed by atoms with Crippen molar-refractivity contribution in [1.82, 2.24) is 4.31 Å². The summed E-state index contributed by atoms with van der Waals surface area (Å²) < 4.78 is 29.8. The van der Waals surface area contributed by atoms with E-state index >= 15 is 0 Å². The first-order valence-corrected chi connectivity index (χ1v) is 7.34. The molecule has 0 radical (unpaired) electrons. The van der Waals surface area contributed by atoms with Crippen molar-refractivity contribution in [2.75, 3.05) is 14.1 Å². The van der Waals surface area contributed by atoms with Crippen molar-refractivity contribution < 1.29 is 17.9 Å². The summed E-state index contributed by atoms with van der Waals surface area (Å²) in [5.41, 5.74) is -0.100. The Balaban J connectivity index is 3.24. The van der Waals surface area contributed by atoms with Gasteiger partial charge in [0.15, 0.2) is 6.10 Å². The fourth-order valence-electron chi connectivity index (χ4n) is 1.28. The molecule has 20 heavy (non-hydrogen) atoms. The van der Waals surface area contributed by atoms with E-state index in [0.717, 1.165) is 10.4 Å². The van der Waals surface area contributed by atoms with Crippen molar-refractivity contribution in [3.05, 3.63) is 28.8 Å². The molecule has 0 fully saturated rings. The van der Waals surface area contributed by atoms with Crippen LogP contribution < -0.4 is 0 Å². The van der Waals surface area contributed by atoms with Crippen molar-refractivity contribution >= 4 is 27.6 Å². The summed E-state index contributed by atoms with van der Waals surface area (Å²) in [5, 5.41) is 8.65. The van der Waals surface area contributed by atoms with E-state index in [0.29, 0.717) is 0 Å². The third-order valence-electron chi connectivity index (χ3n) is 2.40. The van der Waals surface area contributed by atoms with Gasteiger partial charge < -0.3 is 4.74 Å². The van der Waals surface area contributed by atoms with Gasteiger partial charge in [0.2, 0.25) is 10.0 Å². The lowest BCUT2D eigenvalue weighted by molar-refractivity contribution is 0.0435. The molecule has 6 nitrogen and oxygen atoms in total. The van der Waals surface area contributed by atoms with E-state index in [1.807, 2.05) is 0 Å². The van der Waals surface area contributed by atoms with Crippen LogP contribution >= 0.6 is 11.6 Å². The van der Waals surface area contributed by atoms with Gasteiger partial charge in [0, 0.05) is 14.1 Å². The van der Waals surface area contributed by atoms with Crippen molar-refractivity contribution in [3.8, 4) is 6.07 Å². The number of ether oxygens (including phenoxy) is 1. The minimum absolute atomic E-state index is 0.0536. The van der Waals surface area contributed by atoms with Crippen LogP contribution in [0.3, 0.4) is 0 Å². The molecule has 1 rings (SSSR count). The molecule has 0 saturated heterocycles. The fourth-order valence-corrected chi connectivity index (χ4v) is 2.41. The second-order valence-electron chi connectivity index (χ2n) is 4.11. The predicted molar refractivity (Wildman–Crippen MR) is 72.8 cm³/mol. The summed E-state index contributed by atoms with van der Waals surface area (Å²) in [6.45, 7) is 1.40. The molecule has 0 amide bonds. The van der Waals surface area contributed by atoms with Crippen LogP contribution in [0.25, 0.3) is 0 Å². The average Bonchev–Trinajstić information content (AvgIpc) is 2.38. The Morgan fingerprint density at radius 1 is 1.45 bits per heavy atom. The Bertz CT molecular complexity index is 665. The number of sulfonamides is 1. The van der Waals surface area contributed by atoms with Crippen LogP contribution in [0, 0.1) is 11.3 Å². The molecule has 108 valence electrons. The smallest absolute Gasteiger partial charge is 0.340 e. The van der Waals surface area contributed by atoms with Crippen LogP contribution in [0.4, 0.5) is 0 Å². The average molecular weight is 317 g/mol. The number of nitrogens with zero attached hydrogens (tertiary/aromatic N) is 2. The molecular formula is C12H13ClN2O4S. The highest BCUT2D eigenvalue weighted by Gasteiger charge is 2.22. The zero-order valence-electron chi connectivity index (χ0n) is 11.1. The monoisotopic (exact) mass is 316 g/mol. The highest BCUT2D eigenvalue weighted by molar-refractivity contribution is 7.89. The third kappa shape index (κ3) is 3.48. The minimum atomic E-state index is -3.68. The number of rotatable bonds is 4. The molecule has 0 aliphatic carbocycles. The Kier molecular flexibility index (Phi) is 5.11. The normalized spacial score (nSPS) is 12.8. The van der Waals surface area contributed by atoms with E-state index in [1.54, 1.807) is 6.07 Å². The van der Waals surface area contributed by atoms with Gasteiger partial charge in [0.1, 0.15) is 6.07 Å². The molecule has 0 N–H and O–H groups in total. The second kappa shape index (κ2) is 6.22. The first kappa shape index (κ1) is 16.4. The zero-order chi connectivity index (χ0) is 15.5. The summed E-state index contributed by atoms with van der Waals surface area (Å²) in [6.07, 6.45) is -0.951. The van der Waals surface area contributed by atoms with Crippen LogP contribution in [0.15, 0.2) is 23.1 Å². The molecule has 1 unspecified atom stereocenters. The molecule has 0 bridgehead atoms.